The molecule has 0 atom stereocenters. The summed E-state index contributed by atoms with van der Waals surface area (Å²) < 4.78 is 0.985. The highest BCUT2D eigenvalue weighted by atomic mass is 79.9. The SMILES string of the molecule is CN(Cc1ccccc1Br)C(=O)c1ccc(Cl)cn1. The number of hydrogen-bond donors (Lipinski definition) is 0. The van der Waals surface area contributed by atoms with Crippen molar-refractivity contribution in [2.24, 2.45) is 0 Å². The van der Waals surface area contributed by atoms with E-state index in [0.29, 0.717) is 17.3 Å². The Balaban J connectivity index is 2.12. The molecule has 0 spiro atoms. The molecule has 19 heavy (non-hydrogen) atoms. The van der Waals surface area contributed by atoms with Gasteiger partial charge >= 0.3 is 0 Å². The van der Waals surface area contributed by atoms with E-state index in [2.05, 4.69) is 20.9 Å². The van der Waals surface area contributed by atoms with Crippen LogP contribution >= 0.6 is 27.5 Å². The van der Waals surface area contributed by atoms with Crippen LogP contribution in [-0.4, -0.2) is 22.8 Å². The van der Waals surface area contributed by atoms with Crippen LogP contribution in [0.1, 0.15) is 16.1 Å². The van der Waals surface area contributed by atoms with Crippen LogP contribution in [0.4, 0.5) is 0 Å². The number of rotatable bonds is 3. The van der Waals surface area contributed by atoms with E-state index in [1.165, 1.54) is 6.20 Å². The lowest BCUT2D eigenvalue weighted by atomic mass is 10.2. The molecule has 0 saturated heterocycles. The van der Waals surface area contributed by atoms with Gasteiger partial charge in [0.15, 0.2) is 0 Å². The zero-order valence-corrected chi connectivity index (χ0v) is 12.6. The molecular formula is C14H12BrClN2O. The number of amides is 1. The summed E-state index contributed by atoms with van der Waals surface area (Å²) >= 11 is 9.22. The molecule has 2 rings (SSSR count). The summed E-state index contributed by atoms with van der Waals surface area (Å²) in [5.41, 5.74) is 1.44. The van der Waals surface area contributed by atoms with E-state index in [4.69, 9.17) is 11.6 Å². The van der Waals surface area contributed by atoms with Crippen molar-refractivity contribution in [2.45, 2.75) is 6.54 Å². The lowest BCUT2D eigenvalue weighted by Gasteiger charge is -2.17. The predicted molar refractivity (Wildman–Crippen MR) is 79.2 cm³/mol. The summed E-state index contributed by atoms with van der Waals surface area (Å²) in [6.45, 7) is 0.518. The van der Waals surface area contributed by atoms with E-state index in [1.807, 2.05) is 24.3 Å². The van der Waals surface area contributed by atoms with Crippen molar-refractivity contribution in [3.63, 3.8) is 0 Å². The van der Waals surface area contributed by atoms with Gasteiger partial charge in [0, 0.05) is 24.3 Å². The van der Waals surface area contributed by atoms with Gasteiger partial charge in [-0.15, -0.1) is 0 Å². The summed E-state index contributed by atoms with van der Waals surface area (Å²) in [6.07, 6.45) is 1.47. The maximum Gasteiger partial charge on any atom is 0.272 e. The Hall–Kier alpha value is -1.39. The lowest BCUT2D eigenvalue weighted by Crippen LogP contribution is -2.27. The Bertz CT molecular complexity index is 586. The van der Waals surface area contributed by atoms with E-state index in [1.54, 1.807) is 24.1 Å². The van der Waals surface area contributed by atoms with Crippen LogP contribution in [0.5, 0.6) is 0 Å². The Morgan fingerprint density at radius 2 is 2.05 bits per heavy atom. The molecule has 0 saturated carbocycles. The zero-order chi connectivity index (χ0) is 13.8. The van der Waals surface area contributed by atoms with Gasteiger partial charge in [-0.2, -0.15) is 0 Å². The first-order valence-corrected chi connectivity index (χ1v) is 6.85. The molecule has 1 amide bonds. The lowest BCUT2D eigenvalue weighted by molar-refractivity contribution is 0.0779. The molecule has 0 aliphatic rings. The molecule has 2 aromatic rings. The number of pyridine rings is 1. The van der Waals surface area contributed by atoms with Crippen molar-refractivity contribution in [3.05, 3.63) is 63.3 Å². The fourth-order valence-electron chi connectivity index (χ4n) is 1.65. The second kappa shape index (κ2) is 6.17. The third-order valence-corrected chi connectivity index (χ3v) is 3.66. The molecule has 0 bridgehead atoms. The minimum atomic E-state index is -0.132. The van der Waals surface area contributed by atoms with Crippen LogP contribution in [0.25, 0.3) is 0 Å². The Morgan fingerprint density at radius 1 is 1.32 bits per heavy atom. The molecule has 0 aliphatic heterocycles. The second-order valence-electron chi connectivity index (χ2n) is 4.11. The Kier molecular flexibility index (Phi) is 4.56. The number of carbonyl (C=O) groups is 1. The van der Waals surface area contributed by atoms with Crippen molar-refractivity contribution in [2.75, 3.05) is 7.05 Å². The Morgan fingerprint density at radius 3 is 2.68 bits per heavy atom. The van der Waals surface area contributed by atoms with E-state index in [9.17, 15) is 4.79 Å². The normalized spacial score (nSPS) is 10.3. The second-order valence-corrected chi connectivity index (χ2v) is 5.41. The molecule has 1 heterocycles. The topological polar surface area (TPSA) is 33.2 Å². The standard InChI is InChI=1S/C14H12BrClN2O/c1-18(9-10-4-2-3-5-12(10)15)14(19)13-7-6-11(16)8-17-13/h2-8H,9H2,1H3. The van der Waals surface area contributed by atoms with Crippen molar-refractivity contribution in [3.8, 4) is 0 Å². The largest absolute Gasteiger partial charge is 0.336 e. The summed E-state index contributed by atoms with van der Waals surface area (Å²) in [5.74, 6) is -0.132. The highest BCUT2D eigenvalue weighted by molar-refractivity contribution is 9.10. The fraction of sp³-hybridized carbons (Fsp3) is 0.143. The number of halogens is 2. The van der Waals surface area contributed by atoms with Gasteiger partial charge < -0.3 is 4.90 Å². The number of carbonyl (C=O) groups excluding carboxylic acids is 1. The molecule has 0 fully saturated rings. The highest BCUT2D eigenvalue weighted by Gasteiger charge is 2.14. The van der Waals surface area contributed by atoms with Crippen LogP contribution in [0, 0.1) is 0 Å². The zero-order valence-electron chi connectivity index (χ0n) is 10.3. The third kappa shape index (κ3) is 3.55. The average Bonchev–Trinajstić information content (AvgIpc) is 2.41. The minimum absolute atomic E-state index is 0.132. The maximum atomic E-state index is 12.2. The smallest absolute Gasteiger partial charge is 0.272 e. The summed E-state index contributed by atoms with van der Waals surface area (Å²) in [7, 11) is 1.75. The average molecular weight is 340 g/mol. The molecule has 1 aromatic heterocycles. The first kappa shape index (κ1) is 14.0. The van der Waals surface area contributed by atoms with E-state index in [0.717, 1.165) is 10.0 Å². The highest BCUT2D eigenvalue weighted by Crippen LogP contribution is 2.18. The van der Waals surface area contributed by atoms with Gasteiger partial charge in [-0.1, -0.05) is 45.7 Å². The molecule has 1 aromatic carbocycles. The first-order valence-electron chi connectivity index (χ1n) is 5.68. The van der Waals surface area contributed by atoms with Gasteiger partial charge in [0.25, 0.3) is 5.91 Å². The summed E-state index contributed by atoms with van der Waals surface area (Å²) in [4.78, 5) is 17.8. The summed E-state index contributed by atoms with van der Waals surface area (Å²) in [5, 5.41) is 0.519. The van der Waals surface area contributed by atoms with E-state index >= 15 is 0 Å². The van der Waals surface area contributed by atoms with Crippen molar-refractivity contribution < 1.29 is 4.79 Å². The number of nitrogens with zero attached hydrogens (tertiary/aromatic N) is 2. The van der Waals surface area contributed by atoms with Crippen LogP contribution in [-0.2, 0) is 6.54 Å². The molecule has 5 heteroatoms. The van der Waals surface area contributed by atoms with Gasteiger partial charge in [0.1, 0.15) is 5.69 Å². The van der Waals surface area contributed by atoms with Crippen LogP contribution in [0.2, 0.25) is 5.02 Å². The minimum Gasteiger partial charge on any atom is -0.336 e. The van der Waals surface area contributed by atoms with Gasteiger partial charge in [-0.3, -0.25) is 4.79 Å². The molecule has 0 unspecified atom stereocenters. The van der Waals surface area contributed by atoms with Crippen LogP contribution < -0.4 is 0 Å². The molecule has 0 radical (unpaired) electrons. The van der Waals surface area contributed by atoms with Crippen molar-refractivity contribution in [1.82, 2.24) is 9.88 Å². The Labute approximate surface area is 125 Å². The number of aromatic nitrogens is 1. The van der Waals surface area contributed by atoms with E-state index in [-0.39, 0.29) is 5.91 Å². The summed E-state index contributed by atoms with van der Waals surface area (Å²) in [6, 6.07) is 11.1. The fourth-order valence-corrected chi connectivity index (χ4v) is 2.17. The molecule has 0 N–H and O–H groups in total. The van der Waals surface area contributed by atoms with E-state index < -0.39 is 0 Å². The molecule has 0 aliphatic carbocycles. The van der Waals surface area contributed by atoms with Gasteiger partial charge in [-0.05, 0) is 23.8 Å². The van der Waals surface area contributed by atoms with Crippen LogP contribution in [0.15, 0.2) is 47.1 Å². The first-order chi connectivity index (χ1) is 9.08. The molecule has 3 nitrogen and oxygen atoms in total. The molecule has 98 valence electrons. The monoisotopic (exact) mass is 338 g/mol. The van der Waals surface area contributed by atoms with Crippen molar-refractivity contribution >= 4 is 33.4 Å². The number of hydrogen-bond acceptors (Lipinski definition) is 2. The number of benzene rings is 1. The van der Waals surface area contributed by atoms with Crippen LogP contribution in [0.3, 0.4) is 0 Å². The maximum absolute atomic E-state index is 12.2. The van der Waals surface area contributed by atoms with Gasteiger partial charge in [-0.25, -0.2) is 4.98 Å². The van der Waals surface area contributed by atoms with Gasteiger partial charge in [0.05, 0.1) is 5.02 Å². The van der Waals surface area contributed by atoms with Gasteiger partial charge in [0.2, 0.25) is 0 Å². The predicted octanol–water partition coefficient (Wildman–Crippen LogP) is 3.77. The molecular weight excluding hydrogens is 328 g/mol. The third-order valence-electron chi connectivity index (χ3n) is 2.66. The van der Waals surface area contributed by atoms with Crippen molar-refractivity contribution in [1.29, 1.82) is 0 Å². The quantitative estimate of drug-likeness (QED) is 0.853.